The lowest BCUT2D eigenvalue weighted by Gasteiger charge is -2.17. The molecule has 40 heavy (non-hydrogen) atoms. The lowest BCUT2D eigenvalue weighted by atomic mass is 10.0. The minimum Gasteiger partial charge on any atom is -0.464 e. The van der Waals surface area contributed by atoms with Crippen LogP contribution in [-0.2, 0) is 19.3 Å². The third kappa shape index (κ3) is 7.80. The van der Waals surface area contributed by atoms with Crippen LogP contribution < -0.4 is 10.6 Å². The number of alkyl halides is 3. The number of hydrogen-bond acceptors (Lipinski definition) is 6. The monoisotopic (exact) mass is 570 g/mol. The molecule has 210 valence electrons. The third-order valence-electron chi connectivity index (χ3n) is 6.03. The Kier molecular flexibility index (Phi) is 9.38. The van der Waals surface area contributed by atoms with Crippen molar-refractivity contribution in [1.82, 2.24) is 20.5 Å². The van der Waals surface area contributed by atoms with Crippen molar-refractivity contribution in [3.63, 3.8) is 0 Å². The fourth-order valence-corrected chi connectivity index (χ4v) is 4.87. The fraction of sp³-hybridized carbons (Fsp3) is 0.276. The molecule has 2 aromatic carbocycles. The van der Waals surface area contributed by atoms with E-state index in [9.17, 15) is 22.8 Å². The summed E-state index contributed by atoms with van der Waals surface area (Å²) in [6.45, 7) is 3.35. The number of thiazole rings is 1. The molecule has 2 heterocycles. The van der Waals surface area contributed by atoms with Crippen molar-refractivity contribution in [3.8, 4) is 11.3 Å². The van der Waals surface area contributed by atoms with Gasteiger partial charge in [0.15, 0.2) is 0 Å². The minimum atomic E-state index is -4.38. The maximum absolute atomic E-state index is 13.2. The molecule has 4 rings (SSSR count). The van der Waals surface area contributed by atoms with E-state index in [1.165, 1.54) is 23.7 Å². The van der Waals surface area contributed by atoms with Crippen molar-refractivity contribution in [3.05, 3.63) is 99.2 Å². The van der Waals surface area contributed by atoms with Gasteiger partial charge in [0.05, 0.1) is 18.4 Å². The highest BCUT2D eigenvalue weighted by Crippen LogP contribution is 2.29. The summed E-state index contributed by atoms with van der Waals surface area (Å²) >= 11 is 1.48. The van der Waals surface area contributed by atoms with E-state index in [1.54, 1.807) is 48.3 Å². The molecular weight excluding hydrogens is 541 g/mol. The Labute approximate surface area is 234 Å². The molecule has 0 fully saturated rings. The Balaban J connectivity index is 1.35. The minimum absolute atomic E-state index is 0.255. The van der Waals surface area contributed by atoms with Gasteiger partial charge in [-0.2, -0.15) is 13.2 Å². The number of aromatic nitrogens is 1. The molecule has 0 saturated carbocycles. The number of rotatable bonds is 11. The number of amides is 2. The maximum atomic E-state index is 13.2. The van der Waals surface area contributed by atoms with Gasteiger partial charge in [-0.05, 0) is 61.9 Å². The van der Waals surface area contributed by atoms with Crippen LogP contribution in [-0.4, -0.2) is 41.8 Å². The first-order valence-corrected chi connectivity index (χ1v) is 13.5. The summed E-state index contributed by atoms with van der Waals surface area (Å²) in [4.78, 5) is 32.2. The van der Waals surface area contributed by atoms with Gasteiger partial charge in [0.2, 0.25) is 0 Å². The number of furan rings is 1. The van der Waals surface area contributed by atoms with E-state index in [0.717, 1.165) is 22.8 Å². The number of carbonyl (C=O) groups excluding carboxylic acids is 2. The van der Waals surface area contributed by atoms with Crippen LogP contribution in [0.15, 0.2) is 70.7 Å². The molecule has 2 aromatic heterocycles. The molecule has 2 amide bonds. The van der Waals surface area contributed by atoms with Crippen molar-refractivity contribution in [2.45, 2.75) is 32.6 Å². The van der Waals surface area contributed by atoms with Crippen LogP contribution in [0.5, 0.6) is 0 Å². The molecule has 0 bridgehead atoms. The zero-order valence-electron chi connectivity index (χ0n) is 22.0. The molecule has 0 atom stereocenters. The van der Waals surface area contributed by atoms with E-state index in [0.29, 0.717) is 54.1 Å². The van der Waals surface area contributed by atoms with Crippen LogP contribution in [0.1, 0.15) is 49.0 Å². The summed E-state index contributed by atoms with van der Waals surface area (Å²) in [5.41, 5.74) is 2.00. The van der Waals surface area contributed by atoms with Crippen LogP contribution in [0.25, 0.3) is 11.3 Å². The second-order valence-electron chi connectivity index (χ2n) is 9.30. The van der Waals surface area contributed by atoms with Crippen LogP contribution >= 0.6 is 11.3 Å². The Morgan fingerprint density at radius 3 is 2.55 bits per heavy atom. The van der Waals surface area contributed by atoms with E-state index in [2.05, 4.69) is 15.6 Å². The summed E-state index contributed by atoms with van der Waals surface area (Å²) in [7, 11) is 1.69. The molecular formula is C29H29F3N4O3S. The highest BCUT2D eigenvalue weighted by molar-refractivity contribution is 7.09. The number of nitrogens with zero attached hydrogens (tertiary/aromatic N) is 2. The summed E-state index contributed by atoms with van der Waals surface area (Å²) in [6, 6.07) is 13.6. The lowest BCUT2D eigenvalue weighted by molar-refractivity contribution is -0.137. The zero-order chi connectivity index (χ0) is 28.7. The van der Waals surface area contributed by atoms with Gasteiger partial charge in [-0.15, -0.1) is 11.3 Å². The number of benzene rings is 2. The van der Waals surface area contributed by atoms with Gasteiger partial charge in [0.1, 0.15) is 10.8 Å². The predicted octanol–water partition coefficient (Wildman–Crippen LogP) is 5.91. The fourth-order valence-electron chi connectivity index (χ4n) is 4.05. The average Bonchev–Trinajstić information content (AvgIpc) is 3.61. The molecule has 0 unspecified atom stereocenters. The molecule has 0 aliphatic carbocycles. The van der Waals surface area contributed by atoms with E-state index >= 15 is 0 Å². The second-order valence-corrected chi connectivity index (χ2v) is 10.2. The van der Waals surface area contributed by atoms with Gasteiger partial charge in [0, 0.05) is 47.9 Å². The molecule has 11 heteroatoms. The molecule has 7 nitrogen and oxygen atoms in total. The first kappa shape index (κ1) is 29.0. The van der Waals surface area contributed by atoms with Crippen LogP contribution in [0.3, 0.4) is 0 Å². The predicted molar refractivity (Wildman–Crippen MR) is 147 cm³/mol. The number of halogens is 3. The van der Waals surface area contributed by atoms with E-state index in [4.69, 9.17) is 4.42 Å². The average molecular weight is 571 g/mol. The van der Waals surface area contributed by atoms with Gasteiger partial charge in [0.25, 0.3) is 11.8 Å². The topological polar surface area (TPSA) is 87.5 Å². The molecule has 0 spiro atoms. The Morgan fingerprint density at radius 2 is 1.85 bits per heavy atom. The van der Waals surface area contributed by atoms with E-state index in [-0.39, 0.29) is 18.4 Å². The Bertz CT molecular complexity index is 1450. The molecule has 0 aliphatic rings. The van der Waals surface area contributed by atoms with Gasteiger partial charge >= 0.3 is 6.18 Å². The third-order valence-corrected chi connectivity index (χ3v) is 6.98. The van der Waals surface area contributed by atoms with E-state index in [1.807, 2.05) is 12.3 Å². The number of carbonyl (C=O) groups is 2. The summed E-state index contributed by atoms with van der Waals surface area (Å²) in [6.07, 6.45) is -2.30. The molecule has 0 radical (unpaired) electrons. The van der Waals surface area contributed by atoms with Crippen molar-refractivity contribution < 1.29 is 27.2 Å². The number of nitrogens with one attached hydrogen (secondary N) is 2. The number of aryl methyl sites for hydroxylation is 1. The van der Waals surface area contributed by atoms with Crippen molar-refractivity contribution in [2.75, 3.05) is 20.1 Å². The highest BCUT2D eigenvalue weighted by Gasteiger charge is 2.30. The normalized spacial score (nSPS) is 11.4. The molecule has 0 aliphatic heterocycles. The highest BCUT2D eigenvalue weighted by atomic mass is 32.1. The molecule has 2 N–H and O–H groups in total. The first-order valence-electron chi connectivity index (χ1n) is 12.6. The van der Waals surface area contributed by atoms with E-state index < -0.39 is 11.7 Å². The van der Waals surface area contributed by atoms with Crippen LogP contribution in [0.4, 0.5) is 13.2 Å². The van der Waals surface area contributed by atoms with Crippen LogP contribution in [0.2, 0.25) is 0 Å². The standard InChI is InChI=1S/C29H29F3N4O3S/c1-19-18-40-26(35-19)17-36(2)28(38)23-14-21(25-8-4-11-39-25)13-22(15-23)27(37)34-10-5-9-33-16-20-6-3-7-24(12-20)29(30,31)32/h3-4,6-8,11-15,18,33H,5,9-10,16-17H2,1-2H3,(H,34,37). The number of hydrogen-bond donors (Lipinski definition) is 2. The largest absolute Gasteiger partial charge is 0.464 e. The summed E-state index contributed by atoms with van der Waals surface area (Å²) in [5, 5.41) is 8.68. The quantitative estimate of drug-likeness (QED) is 0.219. The summed E-state index contributed by atoms with van der Waals surface area (Å²) < 4.78 is 44.2. The zero-order valence-corrected chi connectivity index (χ0v) is 22.9. The lowest BCUT2D eigenvalue weighted by Crippen LogP contribution is -2.29. The smallest absolute Gasteiger partial charge is 0.416 e. The van der Waals surface area contributed by atoms with Gasteiger partial charge in [-0.25, -0.2) is 4.98 Å². The second kappa shape index (κ2) is 12.9. The van der Waals surface area contributed by atoms with Gasteiger partial charge < -0.3 is 20.0 Å². The van der Waals surface area contributed by atoms with Gasteiger partial charge in [-0.3, -0.25) is 9.59 Å². The SMILES string of the molecule is Cc1csc(CN(C)C(=O)c2cc(C(=O)NCCCNCc3cccc(C(F)(F)F)c3)cc(-c3ccco3)c2)n1. The van der Waals surface area contributed by atoms with Crippen LogP contribution in [0, 0.1) is 6.92 Å². The summed E-state index contributed by atoms with van der Waals surface area (Å²) in [5.74, 6) is -0.0756. The van der Waals surface area contributed by atoms with Gasteiger partial charge in [-0.1, -0.05) is 18.2 Å². The molecule has 0 saturated heterocycles. The Hall–Kier alpha value is -3.96. The first-order chi connectivity index (χ1) is 19.1. The van der Waals surface area contributed by atoms with Crippen molar-refractivity contribution in [1.29, 1.82) is 0 Å². The van der Waals surface area contributed by atoms with Crippen molar-refractivity contribution in [2.24, 2.45) is 0 Å². The Morgan fingerprint density at radius 1 is 1.05 bits per heavy atom. The van der Waals surface area contributed by atoms with Crippen molar-refractivity contribution >= 4 is 23.2 Å². The maximum Gasteiger partial charge on any atom is 0.416 e. The molecule has 4 aromatic rings.